The van der Waals surface area contributed by atoms with Crippen molar-refractivity contribution >= 4 is 45.3 Å². The summed E-state index contributed by atoms with van der Waals surface area (Å²) in [6.45, 7) is 0. The van der Waals surface area contributed by atoms with Crippen molar-refractivity contribution in [2.45, 2.75) is 56.1 Å². The lowest BCUT2D eigenvalue weighted by Gasteiger charge is -2.13. The molecule has 1 saturated carbocycles. The summed E-state index contributed by atoms with van der Waals surface area (Å²) in [6, 6.07) is 9.05. The molecule has 0 unspecified atom stereocenters. The van der Waals surface area contributed by atoms with Gasteiger partial charge in [0.25, 0.3) is 5.56 Å². The monoisotopic (exact) mass is 468 g/mol. The number of hydrogen-bond donors (Lipinski definition) is 2. The molecule has 1 aromatic carbocycles. The quantitative estimate of drug-likeness (QED) is 0.439. The van der Waals surface area contributed by atoms with Gasteiger partial charge in [-0.1, -0.05) is 42.8 Å². The summed E-state index contributed by atoms with van der Waals surface area (Å²) in [7, 11) is 0. The van der Waals surface area contributed by atoms with E-state index in [1.165, 1.54) is 16.6 Å². The number of thioether (sulfide) groups is 1. The lowest BCUT2D eigenvalue weighted by atomic mass is 10.2. The van der Waals surface area contributed by atoms with Crippen LogP contribution in [0.25, 0.3) is 15.9 Å². The van der Waals surface area contributed by atoms with E-state index in [1.54, 1.807) is 15.9 Å². The molecule has 0 aliphatic heterocycles. The third-order valence-corrected chi connectivity index (χ3v) is 8.12. The molecule has 7 nitrogen and oxygen atoms in total. The lowest BCUT2D eigenvalue weighted by Crippen LogP contribution is -2.44. The van der Waals surface area contributed by atoms with Crippen molar-refractivity contribution in [2.24, 2.45) is 0 Å². The van der Waals surface area contributed by atoms with Crippen molar-refractivity contribution in [2.75, 3.05) is 5.75 Å². The van der Waals surface area contributed by atoms with Gasteiger partial charge in [0.15, 0.2) is 5.16 Å². The predicted octanol–water partition coefficient (Wildman–Crippen LogP) is 3.80. The van der Waals surface area contributed by atoms with Crippen LogP contribution >= 0.6 is 23.1 Å². The second kappa shape index (κ2) is 9.07. The van der Waals surface area contributed by atoms with Gasteiger partial charge in [-0.05, 0) is 49.8 Å². The van der Waals surface area contributed by atoms with E-state index in [-0.39, 0.29) is 17.4 Å². The van der Waals surface area contributed by atoms with E-state index in [4.69, 9.17) is 4.98 Å². The fourth-order valence-electron chi connectivity index (χ4n) is 4.51. The highest BCUT2D eigenvalue weighted by Gasteiger charge is 2.24. The third-order valence-electron chi connectivity index (χ3n) is 6.00. The van der Waals surface area contributed by atoms with E-state index in [0.29, 0.717) is 16.2 Å². The van der Waals surface area contributed by atoms with Gasteiger partial charge in [0.1, 0.15) is 4.83 Å². The topological polar surface area (TPSA) is 93.1 Å². The zero-order chi connectivity index (χ0) is 22.1. The Morgan fingerprint density at radius 3 is 2.69 bits per heavy atom. The first-order chi connectivity index (χ1) is 15.6. The fraction of sp³-hybridized carbons (Fsp3) is 0.391. The number of para-hydroxylation sites is 1. The zero-order valence-electron chi connectivity index (χ0n) is 17.6. The minimum Gasteiger partial charge on any atom is -0.335 e. The molecule has 32 heavy (non-hydrogen) atoms. The largest absolute Gasteiger partial charge is 0.335 e. The van der Waals surface area contributed by atoms with Gasteiger partial charge < -0.3 is 5.32 Å². The number of urea groups is 1. The van der Waals surface area contributed by atoms with Gasteiger partial charge in [-0.15, -0.1) is 11.3 Å². The van der Waals surface area contributed by atoms with Crippen molar-refractivity contribution in [1.29, 1.82) is 0 Å². The highest BCUT2D eigenvalue weighted by atomic mass is 32.2. The van der Waals surface area contributed by atoms with E-state index in [1.807, 2.05) is 30.3 Å². The molecule has 2 heterocycles. The number of rotatable bonds is 5. The molecule has 2 N–H and O–H groups in total. The standard InChI is InChI=1S/C23H24N4O3S2/c28-18(25-22(30)24-14-7-4-5-8-14)13-31-23-26-20-19(16-11-6-12-17(16)32-20)21(29)27(23)15-9-2-1-3-10-15/h1-3,9-10,14H,4-8,11-13H2,(H2,24,25,28,30). The number of nitrogens with zero attached hydrogens (tertiary/aromatic N) is 2. The van der Waals surface area contributed by atoms with Crippen LogP contribution in [0.2, 0.25) is 0 Å². The average Bonchev–Trinajstić information content (AvgIpc) is 3.50. The third kappa shape index (κ3) is 4.19. The van der Waals surface area contributed by atoms with Gasteiger partial charge in [0.2, 0.25) is 5.91 Å². The van der Waals surface area contributed by atoms with Gasteiger partial charge in [0, 0.05) is 10.9 Å². The minimum absolute atomic E-state index is 0.00600. The van der Waals surface area contributed by atoms with Gasteiger partial charge in [-0.2, -0.15) is 0 Å². The molecule has 3 amide bonds. The molecule has 0 radical (unpaired) electrons. The number of carbonyl (C=O) groups is 2. The van der Waals surface area contributed by atoms with Gasteiger partial charge >= 0.3 is 6.03 Å². The summed E-state index contributed by atoms with van der Waals surface area (Å²) in [5.41, 5.74) is 1.75. The van der Waals surface area contributed by atoms with Crippen LogP contribution in [0, 0.1) is 0 Å². The van der Waals surface area contributed by atoms with Crippen LogP contribution in [-0.2, 0) is 17.6 Å². The van der Waals surface area contributed by atoms with Crippen molar-refractivity contribution in [3.63, 3.8) is 0 Å². The predicted molar refractivity (Wildman–Crippen MR) is 127 cm³/mol. The second-order valence-corrected chi connectivity index (χ2v) is 10.2. The summed E-state index contributed by atoms with van der Waals surface area (Å²) < 4.78 is 1.59. The molecular weight excluding hydrogens is 444 g/mol. The van der Waals surface area contributed by atoms with Gasteiger partial charge in [-0.3, -0.25) is 19.5 Å². The van der Waals surface area contributed by atoms with E-state index in [0.717, 1.165) is 55.3 Å². The average molecular weight is 469 g/mol. The molecule has 1 fully saturated rings. The van der Waals surface area contributed by atoms with Crippen LogP contribution in [0.3, 0.4) is 0 Å². The van der Waals surface area contributed by atoms with Gasteiger partial charge in [0.05, 0.1) is 16.8 Å². The molecule has 166 valence electrons. The number of thiophene rings is 1. The Bertz CT molecular complexity index is 1230. The number of aryl methyl sites for hydroxylation is 2. The van der Waals surface area contributed by atoms with Crippen LogP contribution in [0.1, 0.15) is 42.5 Å². The number of amides is 3. The molecule has 0 spiro atoms. The van der Waals surface area contributed by atoms with Crippen LogP contribution in [0.5, 0.6) is 0 Å². The fourth-order valence-corrected chi connectivity index (χ4v) is 6.63. The normalized spacial score (nSPS) is 15.8. The van der Waals surface area contributed by atoms with E-state index >= 15 is 0 Å². The number of carbonyl (C=O) groups excluding carboxylic acids is 2. The summed E-state index contributed by atoms with van der Waals surface area (Å²) in [5.74, 6) is -0.415. The van der Waals surface area contributed by atoms with Crippen LogP contribution in [0.4, 0.5) is 4.79 Å². The molecule has 2 aliphatic carbocycles. The maximum atomic E-state index is 13.5. The second-order valence-electron chi connectivity index (χ2n) is 8.20. The van der Waals surface area contributed by atoms with E-state index < -0.39 is 11.9 Å². The zero-order valence-corrected chi connectivity index (χ0v) is 19.2. The van der Waals surface area contributed by atoms with Crippen molar-refractivity contribution < 1.29 is 9.59 Å². The van der Waals surface area contributed by atoms with Crippen molar-refractivity contribution in [3.8, 4) is 5.69 Å². The molecule has 3 aromatic rings. The van der Waals surface area contributed by atoms with Crippen molar-refractivity contribution in [1.82, 2.24) is 20.2 Å². The molecule has 2 aliphatic rings. The maximum Gasteiger partial charge on any atom is 0.321 e. The lowest BCUT2D eigenvalue weighted by molar-refractivity contribution is -0.117. The Labute approximate surface area is 193 Å². The SMILES string of the molecule is O=C(CSc1nc2sc3c(c2c(=O)n1-c1ccccc1)CCC3)NC(=O)NC1CCCC1. The number of aromatic nitrogens is 2. The first-order valence-electron chi connectivity index (χ1n) is 11.0. The van der Waals surface area contributed by atoms with Gasteiger partial charge in [-0.25, -0.2) is 9.78 Å². The summed E-state index contributed by atoms with van der Waals surface area (Å²) >= 11 is 2.75. The highest BCUT2D eigenvalue weighted by molar-refractivity contribution is 7.99. The number of imide groups is 1. The molecular formula is C23H24N4O3S2. The Morgan fingerprint density at radius 1 is 1.12 bits per heavy atom. The molecule has 5 rings (SSSR count). The molecule has 0 bridgehead atoms. The van der Waals surface area contributed by atoms with Crippen LogP contribution in [0.15, 0.2) is 40.3 Å². The minimum atomic E-state index is -0.457. The number of nitrogens with one attached hydrogen (secondary N) is 2. The number of benzene rings is 1. The molecule has 9 heteroatoms. The van der Waals surface area contributed by atoms with E-state index in [2.05, 4.69) is 10.6 Å². The first-order valence-corrected chi connectivity index (χ1v) is 12.8. The summed E-state index contributed by atoms with van der Waals surface area (Å²) in [4.78, 5) is 44.8. The first kappa shape index (κ1) is 21.2. The summed E-state index contributed by atoms with van der Waals surface area (Å²) in [5, 5.41) is 6.41. The molecule has 2 aromatic heterocycles. The Kier molecular flexibility index (Phi) is 6.01. The molecule has 0 atom stereocenters. The van der Waals surface area contributed by atoms with E-state index in [9.17, 15) is 14.4 Å². The maximum absolute atomic E-state index is 13.5. The van der Waals surface area contributed by atoms with Crippen LogP contribution in [-0.4, -0.2) is 33.3 Å². The summed E-state index contributed by atoms with van der Waals surface area (Å²) in [6.07, 6.45) is 7.08. The highest BCUT2D eigenvalue weighted by Crippen LogP contribution is 2.36. The Morgan fingerprint density at radius 2 is 1.91 bits per heavy atom. The Hall–Kier alpha value is -2.65. The molecule has 0 saturated heterocycles. The Balaban J connectivity index is 1.40. The number of hydrogen-bond acceptors (Lipinski definition) is 6. The number of fused-ring (bicyclic) bond motifs is 3. The smallest absolute Gasteiger partial charge is 0.321 e. The van der Waals surface area contributed by atoms with Crippen molar-refractivity contribution in [3.05, 3.63) is 51.1 Å². The van der Waals surface area contributed by atoms with Crippen LogP contribution < -0.4 is 16.2 Å².